The first-order chi connectivity index (χ1) is 16.0. The van der Waals surface area contributed by atoms with Gasteiger partial charge in [-0.1, -0.05) is 44.0 Å². The summed E-state index contributed by atoms with van der Waals surface area (Å²) in [6.07, 6.45) is 14.4. The van der Waals surface area contributed by atoms with Crippen LogP contribution >= 0.6 is 0 Å². The van der Waals surface area contributed by atoms with E-state index in [0.29, 0.717) is 17.3 Å². The van der Waals surface area contributed by atoms with Gasteiger partial charge in [0.15, 0.2) is 0 Å². The minimum Gasteiger partial charge on any atom is -0.458 e. The number of hydrogen-bond acceptors (Lipinski definition) is 4. The molecule has 2 aromatic rings. The summed E-state index contributed by atoms with van der Waals surface area (Å²) in [6.45, 7) is 2.56. The van der Waals surface area contributed by atoms with Crippen LogP contribution in [0.3, 0.4) is 0 Å². The maximum Gasteiger partial charge on any atom is 0.331 e. The van der Waals surface area contributed by atoms with Crippen LogP contribution in [0.15, 0.2) is 48.5 Å². The molecule has 176 valence electrons. The standard InChI is InChI=1S/C29H38N2O2/c1-20-2-7-23(8-3-20)25-11-13-26(14-12-25)24-9-4-21(5-10-24)6-15-29(32)33-19-22-16-27(30)18-28(31)17-22/h4-6,9-10,15-18,20,23,25-26H,2-3,7-8,11-14,19,30-31H2,1H3/b15-6+. The molecule has 0 bridgehead atoms. The Labute approximate surface area is 198 Å². The molecule has 2 fully saturated rings. The molecule has 0 aromatic heterocycles. The third kappa shape index (κ3) is 6.63. The number of hydrogen-bond donors (Lipinski definition) is 2. The van der Waals surface area contributed by atoms with Gasteiger partial charge < -0.3 is 16.2 Å². The average molecular weight is 447 g/mol. The molecule has 4 nitrogen and oxygen atoms in total. The molecule has 0 saturated heterocycles. The molecule has 0 atom stereocenters. The predicted molar refractivity (Wildman–Crippen MR) is 136 cm³/mol. The van der Waals surface area contributed by atoms with Gasteiger partial charge in [0.1, 0.15) is 6.61 Å². The molecule has 33 heavy (non-hydrogen) atoms. The topological polar surface area (TPSA) is 78.3 Å². The van der Waals surface area contributed by atoms with Crippen molar-refractivity contribution in [3.8, 4) is 0 Å². The minimum absolute atomic E-state index is 0.153. The quantitative estimate of drug-likeness (QED) is 0.294. The summed E-state index contributed by atoms with van der Waals surface area (Å²) in [5, 5.41) is 0. The lowest BCUT2D eigenvalue weighted by Crippen LogP contribution is -2.24. The summed E-state index contributed by atoms with van der Waals surface area (Å²) >= 11 is 0. The first-order valence-corrected chi connectivity index (χ1v) is 12.6. The number of benzene rings is 2. The van der Waals surface area contributed by atoms with Crippen molar-refractivity contribution < 1.29 is 9.53 Å². The molecule has 0 unspecified atom stereocenters. The zero-order chi connectivity index (χ0) is 23.2. The van der Waals surface area contributed by atoms with Crippen LogP contribution < -0.4 is 11.5 Å². The third-order valence-electron chi connectivity index (χ3n) is 7.74. The van der Waals surface area contributed by atoms with Gasteiger partial charge in [0.25, 0.3) is 0 Å². The van der Waals surface area contributed by atoms with E-state index in [0.717, 1.165) is 28.9 Å². The largest absolute Gasteiger partial charge is 0.458 e. The van der Waals surface area contributed by atoms with Crippen molar-refractivity contribution in [2.24, 2.45) is 17.8 Å². The minimum atomic E-state index is -0.379. The van der Waals surface area contributed by atoms with Crippen LogP contribution in [0.4, 0.5) is 11.4 Å². The fraction of sp³-hybridized carbons (Fsp3) is 0.483. The average Bonchev–Trinajstić information content (AvgIpc) is 2.82. The van der Waals surface area contributed by atoms with Crippen molar-refractivity contribution >= 4 is 23.4 Å². The lowest BCUT2D eigenvalue weighted by Gasteiger charge is -2.37. The Morgan fingerprint density at radius 2 is 1.45 bits per heavy atom. The first kappa shape index (κ1) is 23.4. The fourth-order valence-electron chi connectivity index (χ4n) is 5.76. The van der Waals surface area contributed by atoms with Gasteiger partial charge in [0, 0.05) is 17.5 Å². The molecular formula is C29H38N2O2. The van der Waals surface area contributed by atoms with E-state index in [1.54, 1.807) is 24.3 Å². The molecule has 0 radical (unpaired) electrons. The maximum absolute atomic E-state index is 12.1. The Hall–Kier alpha value is -2.75. The number of esters is 1. The van der Waals surface area contributed by atoms with Crippen LogP contribution in [0, 0.1) is 17.8 Å². The van der Waals surface area contributed by atoms with Crippen LogP contribution in [0.2, 0.25) is 0 Å². The lowest BCUT2D eigenvalue weighted by molar-refractivity contribution is -0.138. The molecule has 0 spiro atoms. The van der Waals surface area contributed by atoms with Crippen LogP contribution in [-0.2, 0) is 16.1 Å². The second-order valence-electron chi connectivity index (χ2n) is 10.2. The highest BCUT2D eigenvalue weighted by Gasteiger charge is 2.30. The van der Waals surface area contributed by atoms with E-state index in [1.807, 2.05) is 0 Å². The Balaban J connectivity index is 1.23. The fourth-order valence-corrected chi connectivity index (χ4v) is 5.76. The monoisotopic (exact) mass is 446 g/mol. The SMILES string of the molecule is CC1CCC(C2CCC(c3ccc(/C=C/C(=O)OCc4cc(N)cc(N)c4)cc3)CC2)CC1. The Kier molecular flexibility index (Phi) is 7.74. The highest BCUT2D eigenvalue weighted by Crippen LogP contribution is 2.43. The Bertz CT molecular complexity index is 930. The molecule has 0 heterocycles. The molecule has 4 heteroatoms. The first-order valence-electron chi connectivity index (χ1n) is 12.6. The van der Waals surface area contributed by atoms with E-state index in [4.69, 9.17) is 16.2 Å². The van der Waals surface area contributed by atoms with Gasteiger partial charge in [0.2, 0.25) is 0 Å². The number of rotatable bonds is 6. The number of nitrogens with two attached hydrogens (primary N) is 2. The van der Waals surface area contributed by atoms with Gasteiger partial charge in [-0.05, 0) is 103 Å². The van der Waals surface area contributed by atoms with E-state index in [-0.39, 0.29) is 12.6 Å². The van der Waals surface area contributed by atoms with E-state index >= 15 is 0 Å². The van der Waals surface area contributed by atoms with Gasteiger partial charge in [0.05, 0.1) is 0 Å². The van der Waals surface area contributed by atoms with Crippen LogP contribution in [0.5, 0.6) is 0 Å². The summed E-state index contributed by atoms with van der Waals surface area (Å²) in [6, 6.07) is 13.9. The normalized spacial score (nSPS) is 25.7. The van der Waals surface area contributed by atoms with E-state index in [9.17, 15) is 4.79 Å². The lowest BCUT2D eigenvalue weighted by atomic mass is 9.68. The number of carbonyl (C=O) groups is 1. The number of ether oxygens (including phenoxy) is 1. The van der Waals surface area contributed by atoms with Crippen molar-refractivity contribution in [2.45, 2.75) is 70.8 Å². The number of nitrogen functional groups attached to an aromatic ring is 2. The van der Waals surface area contributed by atoms with Crippen LogP contribution in [-0.4, -0.2) is 5.97 Å². The van der Waals surface area contributed by atoms with E-state index in [1.165, 1.54) is 63.0 Å². The summed E-state index contributed by atoms with van der Waals surface area (Å²) in [7, 11) is 0. The van der Waals surface area contributed by atoms with Crippen LogP contribution in [0.25, 0.3) is 6.08 Å². The van der Waals surface area contributed by atoms with E-state index < -0.39 is 0 Å². The molecule has 2 aliphatic rings. The highest BCUT2D eigenvalue weighted by atomic mass is 16.5. The zero-order valence-electron chi connectivity index (χ0n) is 19.8. The zero-order valence-corrected chi connectivity index (χ0v) is 19.8. The van der Waals surface area contributed by atoms with Gasteiger partial charge in [-0.25, -0.2) is 4.79 Å². The summed E-state index contributed by atoms with van der Waals surface area (Å²) in [5.41, 5.74) is 15.9. The van der Waals surface area contributed by atoms with Gasteiger partial charge in [-0.2, -0.15) is 0 Å². The maximum atomic E-state index is 12.1. The van der Waals surface area contributed by atoms with Crippen LogP contribution in [0.1, 0.15) is 80.9 Å². The predicted octanol–water partition coefficient (Wildman–Crippen LogP) is 6.71. The van der Waals surface area contributed by atoms with Crippen molar-refractivity contribution in [1.29, 1.82) is 0 Å². The summed E-state index contributed by atoms with van der Waals surface area (Å²) in [4.78, 5) is 12.1. The molecule has 4 rings (SSSR count). The van der Waals surface area contributed by atoms with Gasteiger partial charge in [-0.3, -0.25) is 0 Å². The van der Waals surface area contributed by atoms with Crippen molar-refractivity contribution in [3.05, 3.63) is 65.2 Å². The van der Waals surface area contributed by atoms with Crippen molar-refractivity contribution in [2.75, 3.05) is 11.5 Å². The second kappa shape index (κ2) is 10.9. The Morgan fingerprint density at radius 3 is 2.06 bits per heavy atom. The molecule has 2 aliphatic carbocycles. The molecule has 2 aromatic carbocycles. The van der Waals surface area contributed by atoms with Crippen molar-refractivity contribution in [3.63, 3.8) is 0 Å². The number of carbonyl (C=O) groups excluding carboxylic acids is 1. The molecule has 4 N–H and O–H groups in total. The van der Waals surface area contributed by atoms with E-state index in [2.05, 4.69) is 31.2 Å². The summed E-state index contributed by atoms with van der Waals surface area (Å²) < 4.78 is 5.31. The van der Waals surface area contributed by atoms with Crippen molar-refractivity contribution in [1.82, 2.24) is 0 Å². The summed E-state index contributed by atoms with van der Waals surface area (Å²) in [5.74, 6) is 3.17. The molecular weight excluding hydrogens is 408 g/mol. The molecule has 2 saturated carbocycles. The molecule has 0 amide bonds. The smallest absolute Gasteiger partial charge is 0.331 e. The van der Waals surface area contributed by atoms with Gasteiger partial charge in [-0.15, -0.1) is 0 Å². The highest BCUT2D eigenvalue weighted by molar-refractivity contribution is 5.87. The second-order valence-corrected chi connectivity index (χ2v) is 10.2. The molecule has 0 aliphatic heterocycles. The third-order valence-corrected chi connectivity index (χ3v) is 7.74. The number of anilines is 2. The Morgan fingerprint density at radius 1 is 0.879 bits per heavy atom. The van der Waals surface area contributed by atoms with Gasteiger partial charge >= 0.3 is 5.97 Å².